The van der Waals surface area contributed by atoms with Gasteiger partial charge in [0.1, 0.15) is 0 Å². The van der Waals surface area contributed by atoms with Crippen LogP contribution in [0.1, 0.15) is 57.4 Å². The lowest BCUT2D eigenvalue weighted by Crippen LogP contribution is -2.16. The Labute approximate surface area is 177 Å². The van der Waals surface area contributed by atoms with Crippen LogP contribution < -0.4 is 0 Å². The van der Waals surface area contributed by atoms with Crippen LogP contribution in [-0.4, -0.2) is 26.8 Å². The summed E-state index contributed by atoms with van der Waals surface area (Å²) in [6, 6.07) is 6.11. The number of carbonyl (C=O) groups excluding carboxylic acids is 5. The van der Waals surface area contributed by atoms with E-state index in [2.05, 4.69) is 0 Å². The fourth-order valence-corrected chi connectivity index (χ4v) is 3.38. The molecule has 0 aliphatic carbocycles. The molecule has 0 atom stereocenters. The molecule has 0 aliphatic rings. The predicted molar refractivity (Wildman–Crippen MR) is 102 cm³/mol. The van der Waals surface area contributed by atoms with E-state index in [1.807, 2.05) is 0 Å². The van der Waals surface area contributed by atoms with E-state index < -0.39 is 43.4 Å². The molecule has 0 aromatic heterocycles. The molecule has 27 heavy (non-hydrogen) atoms. The fraction of sp³-hybridized carbons (Fsp3) is 0. The highest BCUT2D eigenvalue weighted by molar-refractivity contribution is 6.75. The summed E-state index contributed by atoms with van der Waals surface area (Å²) in [6.45, 7) is 0. The predicted octanol–water partition coefficient (Wildman–Crippen LogP) is 5.09. The number of halogens is 5. The van der Waals surface area contributed by atoms with Crippen LogP contribution in [0, 0.1) is 0 Å². The van der Waals surface area contributed by atoms with Crippen LogP contribution in [0.2, 0.25) is 5.02 Å². The Morgan fingerprint density at radius 3 is 1.44 bits per heavy atom. The Morgan fingerprint density at radius 1 is 0.593 bits per heavy atom. The number of hydrogen-bond donors (Lipinski definition) is 0. The van der Waals surface area contributed by atoms with Crippen LogP contribution in [0.3, 0.4) is 0 Å². The molecule has 0 heterocycles. The summed E-state index contributed by atoms with van der Waals surface area (Å²) < 4.78 is 0. The minimum absolute atomic E-state index is 0.0322. The third-order valence-electron chi connectivity index (χ3n) is 3.49. The number of hydrogen-bond acceptors (Lipinski definition) is 5. The summed E-state index contributed by atoms with van der Waals surface area (Å²) in [5.41, 5.74) is -2.00. The Hall–Kier alpha value is -1.76. The minimum Gasteiger partial charge on any atom is -0.289 e. The first kappa shape index (κ1) is 21.5. The van der Waals surface area contributed by atoms with Crippen molar-refractivity contribution in [3.63, 3.8) is 0 Å². The van der Waals surface area contributed by atoms with Crippen LogP contribution in [-0.2, 0) is 0 Å². The molecule has 0 amide bonds. The van der Waals surface area contributed by atoms with Crippen LogP contribution >= 0.6 is 58.0 Å². The number of rotatable bonds is 6. The molecule has 0 N–H and O–H groups in total. The van der Waals surface area contributed by atoms with E-state index in [0.717, 1.165) is 6.07 Å². The second-order valence-electron chi connectivity index (χ2n) is 5.03. The van der Waals surface area contributed by atoms with Crippen LogP contribution in [0.15, 0.2) is 30.3 Å². The van der Waals surface area contributed by atoms with E-state index in [0.29, 0.717) is 0 Å². The average molecular weight is 466 g/mol. The molecule has 10 heteroatoms. The standard InChI is InChI=1S/C17H5Cl5O5/c18-9-5-8(13(23)6-1-3-7(4-2-6)14(19)24)10(15(20)25)12(17(22)27)11(9)16(21)26/h1-5H. The summed E-state index contributed by atoms with van der Waals surface area (Å²) in [4.78, 5) is 59.2. The van der Waals surface area contributed by atoms with Crippen molar-refractivity contribution >= 4 is 84.8 Å². The monoisotopic (exact) mass is 464 g/mol. The van der Waals surface area contributed by atoms with Gasteiger partial charge in [0.25, 0.3) is 21.0 Å². The molecule has 2 aromatic rings. The molecule has 0 saturated carbocycles. The Kier molecular flexibility index (Phi) is 6.78. The van der Waals surface area contributed by atoms with Gasteiger partial charge < -0.3 is 0 Å². The first-order valence-electron chi connectivity index (χ1n) is 6.86. The van der Waals surface area contributed by atoms with Gasteiger partial charge in [-0.15, -0.1) is 0 Å². The van der Waals surface area contributed by atoms with Gasteiger partial charge in [0.05, 0.1) is 21.7 Å². The Morgan fingerprint density at radius 2 is 1.04 bits per heavy atom. The molecular formula is C17H5Cl5O5. The van der Waals surface area contributed by atoms with Crippen molar-refractivity contribution in [2.75, 3.05) is 0 Å². The Bertz CT molecular complexity index is 1010. The molecule has 0 spiro atoms. The lowest BCUT2D eigenvalue weighted by Gasteiger charge is -2.13. The highest BCUT2D eigenvalue weighted by Crippen LogP contribution is 2.32. The quantitative estimate of drug-likeness (QED) is 0.437. The number of ketones is 1. The number of benzene rings is 2. The average Bonchev–Trinajstić information content (AvgIpc) is 2.59. The van der Waals surface area contributed by atoms with Gasteiger partial charge in [-0.2, -0.15) is 0 Å². The van der Waals surface area contributed by atoms with Crippen molar-refractivity contribution in [1.29, 1.82) is 0 Å². The van der Waals surface area contributed by atoms with E-state index in [9.17, 15) is 24.0 Å². The van der Waals surface area contributed by atoms with Crippen molar-refractivity contribution in [2.24, 2.45) is 0 Å². The molecule has 5 nitrogen and oxygen atoms in total. The third-order valence-corrected chi connectivity index (χ3v) is 4.57. The van der Waals surface area contributed by atoms with Gasteiger partial charge >= 0.3 is 0 Å². The maximum Gasteiger partial charge on any atom is 0.254 e. The van der Waals surface area contributed by atoms with Crippen molar-refractivity contribution < 1.29 is 24.0 Å². The minimum atomic E-state index is -1.25. The van der Waals surface area contributed by atoms with Gasteiger partial charge in [0.15, 0.2) is 5.78 Å². The zero-order valence-corrected chi connectivity index (χ0v) is 16.6. The van der Waals surface area contributed by atoms with Crippen molar-refractivity contribution in [3.05, 3.63) is 68.7 Å². The van der Waals surface area contributed by atoms with Gasteiger partial charge in [-0.05, 0) is 64.6 Å². The second kappa shape index (κ2) is 8.50. The van der Waals surface area contributed by atoms with Crippen LogP contribution in [0.25, 0.3) is 0 Å². The number of carbonyl (C=O) groups is 5. The lowest BCUT2D eigenvalue weighted by atomic mass is 9.92. The lowest BCUT2D eigenvalue weighted by molar-refractivity contribution is 0.101. The smallest absolute Gasteiger partial charge is 0.254 e. The fourth-order valence-electron chi connectivity index (χ4n) is 2.33. The van der Waals surface area contributed by atoms with E-state index >= 15 is 0 Å². The molecule has 2 rings (SSSR count). The summed E-state index contributed by atoms with van der Waals surface area (Å²) in [7, 11) is 0. The third kappa shape index (κ3) is 4.39. The van der Waals surface area contributed by atoms with Crippen molar-refractivity contribution in [2.45, 2.75) is 0 Å². The zero-order valence-electron chi connectivity index (χ0n) is 12.8. The normalized spacial score (nSPS) is 10.4. The van der Waals surface area contributed by atoms with E-state index in [1.165, 1.54) is 24.3 Å². The van der Waals surface area contributed by atoms with Crippen molar-refractivity contribution in [3.8, 4) is 0 Å². The molecule has 0 aliphatic heterocycles. The largest absolute Gasteiger partial charge is 0.289 e. The zero-order chi connectivity index (χ0) is 20.5. The maximum atomic E-state index is 12.8. The van der Waals surface area contributed by atoms with E-state index in [-0.39, 0.29) is 21.7 Å². The summed E-state index contributed by atoms with van der Waals surface area (Å²) in [6.07, 6.45) is 0. The summed E-state index contributed by atoms with van der Waals surface area (Å²) >= 11 is 27.7. The van der Waals surface area contributed by atoms with Crippen LogP contribution in [0.4, 0.5) is 0 Å². The molecule has 0 bridgehead atoms. The summed E-state index contributed by atoms with van der Waals surface area (Å²) in [5, 5.41) is -4.72. The van der Waals surface area contributed by atoms with Gasteiger partial charge in [-0.3, -0.25) is 24.0 Å². The maximum absolute atomic E-state index is 12.8. The molecule has 0 saturated heterocycles. The topological polar surface area (TPSA) is 85.3 Å². The molecule has 0 radical (unpaired) electrons. The first-order chi connectivity index (χ1) is 12.6. The highest BCUT2D eigenvalue weighted by atomic mass is 35.5. The van der Waals surface area contributed by atoms with Gasteiger partial charge in [0, 0.05) is 16.7 Å². The van der Waals surface area contributed by atoms with E-state index in [4.69, 9.17) is 58.0 Å². The van der Waals surface area contributed by atoms with Crippen LogP contribution in [0.5, 0.6) is 0 Å². The van der Waals surface area contributed by atoms with Gasteiger partial charge in [-0.1, -0.05) is 23.7 Å². The Balaban J connectivity index is 2.77. The molecule has 138 valence electrons. The molecular weight excluding hydrogens is 461 g/mol. The SMILES string of the molecule is O=C(Cl)c1ccc(C(=O)c2cc(Cl)c(C(=O)Cl)c(C(=O)Cl)c2C(=O)Cl)cc1. The van der Waals surface area contributed by atoms with E-state index in [1.54, 1.807) is 0 Å². The molecule has 2 aromatic carbocycles. The van der Waals surface area contributed by atoms with Gasteiger partial charge in [0.2, 0.25) is 0 Å². The second-order valence-corrected chi connectivity index (χ2v) is 6.81. The van der Waals surface area contributed by atoms with Crippen molar-refractivity contribution in [1.82, 2.24) is 0 Å². The molecule has 0 unspecified atom stereocenters. The highest BCUT2D eigenvalue weighted by Gasteiger charge is 2.30. The molecule has 0 fully saturated rings. The summed E-state index contributed by atoms with van der Waals surface area (Å²) in [5.74, 6) is -0.762. The first-order valence-corrected chi connectivity index (χ1v) is 8.75. The van der Waals surface area contributed by atoms with Gasteiger partial charge in [-0.25, -0.2) is 0 Å².